The number of amides is 1. The molecule has 1 atom stereocenters. The summed E-state index contributed by atoms with van der Waals surface area (Å²) in [5.41, 5.74) is 0. The molecule has 10 heteroatoms. The van der Waals surface area contributed by atoms with Gasteiger partial charge in [0.15, 0.2) is 0 Å². The molecule has 0 aliphatic carbocycles. The normalized spacial score (nSPS) is 12.7. The van der Waals surface area contributed by atoms with Gasteiger partial charge in [-0.3, -0.25) is 19.4 Å². The van der Waals surface area contributed by atoms with E-state index < -0.39 is 38.1 Å². The van der Waals surface area contributed by atoms with Gasteiger partial charge in [0, 0.05) is 6.92 Å². The zero-order valence-corrected chi connectivity index (χ0v) is 9.01. The van der Waals surface area contributed by atoms with E-state index in [0.29, 0.717) is 0 Å². The van der Waals surface area contributed by atoms with E-state index >= 15 is 0 Å². The first-order valence-corrected chi connectivity index (χ1v) is 5.42. The molecule has 0 radical (unpaired) electrons. The quantitative estimate of drug-likeness (QED) is 0.438. The number of hydrogen-bond acceptors (Lipinski definition) is 5. The Kier molecular flexibility index (Phi) is 5.09. The van der Waals surface area contributed by atoms with Gasteiger partial charge in [-0.1, -0.05) is 0 Å². The fourth-order valence-corrected chi connectivity index (χ4v) is 1.16. The van der Waals surface area contributed by atoms with E-state index in [2.05, 4.69) is 4.52 Å². The topological polar surface area (TPSA) is 150 Å². The summed E-state index contributed by atoms with van der Waals surface area (Å²) in [6, 6.07) is -1.64. The Morgan fingerprint density at radius 3 is 2.19 bits per heavy atom. The molecule has 0 aromatic rings. The van der Waals surface area contributed by atoms with Crippen LogP contribution in [0.1, 0.15) is 13.3 Å². The molecule has 0 aliphatic rings. The standard InChI is InChI=1S/C6H10NO8P/c1-3(8)7-4(2-5(9)10)6(11)15-16(12,13)14/h4H,2H2,1H3,(H,7,8)(H,9,10)(H2,12,13,14)/t4-/m0/s1. The van der Waals surface area contributed by atoms with Crippen LogP contribution < -0.4 is 5.32 Å². The maximum absolute atomic E-state index is 11.0. The molecule has 0 saturated heterocycles. The summed E-state index contributed by atoms with van der Waals surface area (Å²) in [6.45, 7) is 1.01. The van der Waals surface area contributed by atoms with E-state index in [9.17, 15) is 18.9 Å². The average molecular weight is 255 g/mol. The number of aliphatic carboxylic acids is 1. The van der Waals surface area contributed by atoms with Crippen molar-refractivity contribution in [1.29, 1.82) is 0 Å². The summed E-state index contributed by atoms with van der Waals surface area (Å²) in [6.07, 6.45) is -0.835. The van der Waals surface area contributed by atoms with Crippen LogP contribution in [0.25, 0.3) is 0 Å². The molecule has 4 N–H and O–H groups in total. The second-order valence-corrected chi connectivity index (χ2v) is 3.92. The lowest BCUT2D eigenvalue weighted by atomic mass is 10.2. The highest BCUT2D eigenvalue weighted by atomic mass is 31.2. The van der Waals surface area contributed by atoms with Gasteiger partial charge in [0.2, 0.25) is 5.91 Å². The number of carbonyl (C=O) groups excluding carboxylic acids is 2. The molecule has 0 aliphatic heterocycles. The Hall–Kier alpha value is -1.44. The first-order valence-electron chi connectivity index (χ1n) is 3.89. The predicted molar refractivity (Wildman–Crippen MR) is 48.0 cm³/mol. The van der Waals surface area contributed by atoms with Crippen LogP contribution in [0.5, 0.6) is 0 Å². The van der Waals surface area contributed by atoms with Gasteiger partial charge in [-0.15, -0.1) is 0 Å². The molecule has 16 heavy (non-hydrogen) atoms. The summed E-state index contributed by atoms with van der Waals surface area (Å²) in [5.74, 6) is -3.67. The zero-order chi connectivity index (χ0) is 12.9. The summed E-state index contributed by atoms with van der Waals surface area (Å²) < 4.78 is 14.0. The van der Waals surface area contributed by atoms with Gasteiger partial charge in [-0.25, -0.2) is 9.36 Å². The number of carboxylic acids is 1. The lowest BCUT2D eigenvalue weighted by Crippen LogP contribution is -2.41. The lowest BCUT2D eigenvalue weighted by Gasteiger charge is -2.14. The Morgan fingerprint density at radius 2 is 1.88 bits per heavy atom. The molecule has 0 bridgehead atoms. The van der Waals surface area contributed by atoms with E-state index in [1.54, 1.807) is 0 Å². The molecule has 0 aromatic heterocycles. The van der Waals surface area contributed by atoms with Gasteiger partial charge in [-0.2, -0.15) is 0 Å². The Morgan fingerprint density at radius 1 is 1.38 bits per heavy atom. The van der Waals surface area contributed by atoms with Crippen LogP contribution in [0.2, 0.25) is 0 Å². The Labute approximate surface area is 89.6 Å². The minimum Gasteiger partial charge on any atom is -0.481 e. The smallest absolute Gasteiger partial charge is 0.481 e. The van der Waals surface area contributed by atoms with Crippen LogP contribution in [0.4, 0.5) is 0 Å². The van der Waals surface area contributed by atoms with Crippen LogP contribution in [0.3, 0.4) is 0 Å². The summed E-state index contributed by atoms with van der Waals surface area (Å²) in [4.78, 5) is 48.6. The zero-order valence-electron chi connectivity index (χ0n) is 8.11. The molecule has 0 aromatic carbocycles. The second-order valence-electron chi connectivity index (χ2n) is 2.75. The third kappa shape index (κ3) is 6.93. The molecule has 0 rings (SSSR count). The van der Waals surface area contributed by atoms with E-state index in [-0.39, 0.29) is 0 Å². The highest BCUT2D eigenvalue weighted by Crippen LogP contribution is 2.36. The Bertz CT molecular complexity index is 330. The molecule has 0 heterocycles. The van der Waals surface area contributed by atoms with Gasteiger partial charge in [0.05, 0.1) is 6.42 Å². The van der Waals surface area contributed by atoms with Gasteiger partial charge in [0.25, 0.3) is 0 Å². The Balaban J connectivity index is 4.62. The largest absolute Gasteiger partial charge is 0.527 e. The number of nitrogens with one attached hydrogen (secondary N) is 1. The molecular weight excluding hydrogens is 245 g/mol. The van der Waals surface area contributed by atoms with Crippen molar-refractivity contribution in [2.24, 2.45) is 0 Å². The molecule has 0 saturated carbocycles. The van der Waals surface area contributed by atoms with Crippen molar-refractivity contribution >= 4 is 25.7 Å². The van der Waals surface area contributed by atoms with Crippen LogP contribution in [-0.4, -0.2) is 38.8 Å². The first-order chi connectivity index (χ1) is 7.11. The molecular formula is C6H10NO8P. The van der Waals surface area contributed by atoms with Crippen LogP contribution in [0.15, 0.2) is 0 Å². The minimum atomic E-state index is -5.06. The second kappa shape index (κ2) is 5.59. The monoisotopic (exact) mass is 255 g/mol. The lowest BCUT2D eigenvalue weighted by molar-refractivity contribution is -0.146. The maximum Gasteiger partial charge on any atom is 0.527 e. The number of phosphoric acid groups is 1. The molecule has 0 fully saturated rings. The molecule has 1 amide bonds. The number of carbonyl (C=O) groups is 3. The molecule has 9 nitrogen and oxygen atoms in total. The van der Waals surface area contributed by atoms with Gasteiger partial charge >= 0.3 is 19.8 Å². The summed E-state index contributed by atoms with van der Waals surface area (Å²) in [7, 11) is -5.06. The van der Waals surface area contributed by atoms with Crippen molar-refractivity contribution in [2.45, 2.75) is 19.4 Å². The van der Waals surface area contributed by atoms with Gasteiger partial charge in [-0.05, 0) is 0 Å². The van der Waals surface area contributed by atoms with Crippen molar-refractivity contribution in [3.05, 3.63) is 0 Å². The number of carboxylic acid groups (broad SMARTS) is 1. The van der Waals surface area contributed by atoms with E-state index in [0.717, 1.165) is 6.92 Å². The fraction of sp³-hybridized carbons (Fsp3) is 0.500. The fourth-order valence-electron chi connectivity index (χ4n) is 0.794. The van der Waals surface area contributed by atoms with Crippen molar-refractivity contribution in [3.8, 4) is 0 Å². The highest BCUT2D eigenvalue weighted by Gasteiger charge is 2.30. The summed E-state index contributed by atoms with van der Waals surface area (Å²) >= 11 is 0. The maximum atomic E-state index is 11.0. The highest BCUT2D eigenvalue weighted by molar-refractivity contribution is 7.46. The third-order valence-corrected chi connectivity index (χ3v) is 1.67. The van der Waals surface area contributed by atoms with E-state index in [1.165, 1.54) is 0 Å². The van der Waals surface area contributed by atoms with Gasteiger partial charge < -0.3 is 14.9 Å². The minimum absolute atomic E-state index is 0.728. The average Bonchev–Trinajstić information content (AvgIpc) is 1.97. The third-order valence-electron chi connectivity index (χ3n) is 1.25. The van der Waals surface area contributed by atoms with Crippen molar-refractivity contribution in [2.75, 3.05) is 0 Å². The van der Waals surface area contributed by atoms with Crippen molar-refractivity contribution in [1.82, 2.24) is 5.32 Å². The number of rotatable bonds is 5. The molecule has 0 spiro atoms. The van der Waals surface area contributed by atoms with Crippen molar-refractivity contribution < 1.29 is 38.4 Å². The van der Waals surface area contributed by atoms with E-state index in [4.69, 9.17) is 14.9 Å². The number of phosphoric ester groups is 1. The molecule has 0 unspecified atom stereocenters. The first kappa shape index (κ1) is 14.6. The summed E-state index contributed by atoms with van der Waals surface area (Å²) in [5, 5.41) is 10.3. The van der Waals surface area contributed by atoms with Crippen LogP contribution in [-0.2, 0) is 23.5 Å². The van der Waals surface area contributed by atoms with Crippen LogP contribution >= 0.6 is 7.82 Å². The van der Waals surface area contributed by atoms with Crippen LogP contribution in [0, 0.1) is 0 Å². The van der Waals surface area contributed by atoms with Crippen molar-refractivity contribution in [3.63, 3.8) is 0 Å². The number of hydrogen-bond donors (Lipinski definition) is 4. The SMILES string of the molecule is CC(=O)N[C@@H](CC(=O)O)C(=O)OP(=O)(O)O. The molecule has 92 valence electrons. The van der Waals surface area contributed by atoms with E-state index in [1.807, 2.05) is 5.32 Å². The predicted octanol–water partition coefficient (Wildman–Crippen LogP) is -1.40. The van der Waals surface area contributed by atoms with Gasteiger partial charge in [0.1, 0.15) is 6.04 Å².